The number of hydrogen-bond acceptors (Lipinski definition) is 6. The van der Waals surface area contributed by atoms with E-state index in [9.17, 15) is 0 Å². The van der Waals surface area contributed by atoms with E-state index in [1.807, 2.05) is 18.2 Å². The van der Waals surface area contributed by atoms with Crippen LogP contribution in [0.4, 0.5) is 10.2 Å². The number of aromatic nitrogens is 3. The standard InChI is InChI=1S/C22H23BrFN5O/c23-16-1-2-20-18(12-16)21(27-14-26-20)15-11-19(24)22(25-13-15)29-5-3-17(4-6-29)28-7-9-30-10-8-28/h1-2,11-14,17H,3-10H2. The summed E-state index contributed by atoms with van der Waals surface area (Å²) in [6.07, 6.45) is 5.27. The van der Waals surface area contributed by atoms with Gasteiger partial charge in [0.05, 0.1) is 24.4 Å². The van der Waals surface area contributed by atoms with Gasteiger partial charge in [0.15, 0.2) is 11.6 Å². The molecular weight excluding hydrogens is 449 g/mol. The minimum Gasteiger partial charge on any atom is -0.379 e. The van der Waals surface area contributed by atoms with Crippen LogP contribution < -0.4 is 4.90 Å². The van der Waals surface area contributed by atoms with E-state index in [2.05, 4.69) is 40.7 Å². The number of halogens is 2. The minimum atomic E-state index is -0.306. The van der Waals surface area contributed by atoms with Gasteiger partial charge in [0.2, 0.25) is 0 Å². The second kappa shape index (κ2) is 8.53. The molecule has 156 valence electrons. The van der Waals surface area contributed by atoms with Gasteiger partial charge in [0.1, 0.15) is 6.33 Å². The molecule has 2 aliphatic heterocycles. The third kappa shape index (κ3) is 3.91. The number of hydrogen-bond donors (Lipinski definition) is 0. The quantitative estimate of drug-likeness (QED) is 0.577. The highest BCUT2D eigenvalue weighted by Gasteiger charge is 2.27. The molecule has 2 aliphatic rings. The number of nitrogens with zero attached hydrogens (tertiary/aromatic N) is 5. The van der Waals surface area contributed by atoms with E-state index < -0.39 is 0 Å². The maximum absolute atomic E-state index is 15.1. The van der Waals surface area contributed by atoms with E-state index in [0.29, 0.717) is 23.1 Å². The summed E-state index contributed by atoms with van der Waals surface area (Å²) in [5.74, 6) is 0.123. The highest BCUT2D eigenvalue weighted by atomic mass is 79.9. The first-order valence-corrected chi connectivity index (χ1v) is 11.1. The van der Waals surface area contributed by atoms with Gasteiger partial charge in [-0.25, -0.2) is 19.3 Å². The number of rotatable bonds is 3. The van der Waals surface area contributed by atoms with Crippen molar-refractivity contribution in [3.63, 3.8) is 0 Å². The first-order chi connectivity index (χ1) is 14.7. The molecule has 0 aliphatic carbocycles. The molecule has 2 aromatic heterocycles. The topological polar surface area (TPSA) is 54.4 Å². The summed E-state index contributed by atoms with van der Waals surface area (Å²) >= 11 is 3.49. The Labute approximate surface area is 183 Å². The molecule has 6 nitrogen and oxygen atoms in total. The van der Waals surface area contributed by atoms with Gasteiger partial charge in [-0.1, -0.05) is 15.9 Å². The van der Waals surface area contributed by atoms with Crippen molar-refractivity contribution >= 4 is 32.7 Å². The minimum absolute atomic E-state index is 0.306. The fraction of sp³-hybridized carbons (Fsp3) is 0.409. The Morgan fingerprint density at radius 2 is 1.80 bits per heavy atom. The van der Waals surface area contributed by atoms with E-state index in [1.165, 1.54) is 6.33 Å². The lowest BCUT2D eigenvalue weighted by molar-refractivity contribution is 0.0114. The lowest BCUT2D eigenvalue weighted by atomic mass is 10.0. The zero-order valence-corrected chi connectivity index (χ0v) is 18.2. The molecule has 2 saturated heterocycles. The van der Waals surface area contributed by atoms with E-state index in [0.717, 1.165) is 67.6 Å². The molecule has 0 N–H and O–H groups in total. The van der Waals surface area contributed by atoms with Crippen LogP contribution in [0, 0.1) is 5.82 Å². The van der Waals surface area contributed by atoms with Gasteiger partial charge < -0.3 is 9.64 Å². The van der Waals surface area contributed by atoms with E-state index in [4.69, 9.17) is 4.74 Å². The Hall–Kier alpha value is -2.16. The van der Waals surface area contributed by atoms with Crippen molar-refractivity contribution in [2.24, 2.45) is 0 Å². The monoisotopic (exact) mass is 471 g/mol. The molecular formula is C22H23BrFN5O. The van der Waals surface area contributed by atoms with Gasteiger partial charge >= 0.3 is 0 Å². The molecule has 0 amide bonds. The number of ether oxygens (including phenoxy) is 1. The molecule has 5 rings (SSSR count). The van der Waals surface area contributed by atoms with Crippen LogP contribution >= 0.6 is 15.9 Å². The highest BCUT2D eigenvalue weighted by molar-refractivity contribution is 9.10. The van der Waals surface area contributed by atoms with Gasteiger partial charge in [-0.15, -0.1) is 0 Å². The van der Waals surface area contributed by atoms with Crippen LogP contribution in [-0.2, 0) is 4.74 Å². The summed E-state index contributed by atoms with van der Waals surface area (Å²) in [4.78, 5) is 17.8. The van der Waals surface area contributed by atoms with Gasteiger partial charge in [0.25, 0.3) is 0 Å². The summed E-state index contributed by atoms with van der Waals surface area (Å²) in [6.45, 7) is 5.24. The predicted octanol–water partition coefficient (Wildman–Crippen LogP) is 3.89. The van der Waals surface area contributed by atoms with Crippen molar-refractivity contribution in [3.05, 3.63) is 47.1 Å². The average Bonchev–Trinajstić information content (AvgIpc) is 2.79. The number of anilines is 1. The second-order valence-corrected chi connectivity index (χ2v) is 8.70. The Morgan fingerprint density at radius 1 is 1.00 bits per heavy atom. The Balaban J connectivity index is 1.35. The first kappa shape index (κ1) is 19.8. The summed E-state index contributed by atoms with van der Waals surface area (Å²) in [5.41, 5.74) is 2.16. The third-order valence-corrected chi connectivity index (χ3v) is 6.51. The van der Waals surface area contributed by atoms with Gasteiger partial charge in [-0.2, -0.15) is 0 Å². The molecule has 1 aromatic carbocycles. The Kier molecular flexibility index (Phi) is 5.62. The van der Waals surface area contributed by atoms with E-state index in [-0.39, 0.29) is 5.82 Å². The molecule has 30 heavy (non-hydrogen) atoms. The van der Waals surface area contributed by atoms with E-state index >= 15 is 4.39 Å². The van der Waals surface area contributed by atoms with Gasteiger partial charge in [0, 0.05) is 53.8 Å². The van der Waals surface area contributed by atoms with Crippen LogP contribution in [0.2, 0.25) is 0 Å². The summed E-state index contributed by atoms with van der Waals surface area (Å²) < 4.78 is 21.5. The van der Waals surface area contributed by atoms with Crippen LogP contribution in [0.5, 0.6) is 0 Å². The molecule has 4 heterocycles. The third-order valence-electron chi connectivity index (χ3n) is 6.02. The molecule has 0 spiro atoms. The summed E-state index contributed by atoms with van der Waals surface area (Å²) in [5, 5.41) is 0.868. The van der Waals surface area contributed by atoms with Crippen LogP contribution in [0.25, 0.3) is 22.2 Å². The van der Waals surface area contributed by atoms with Crippen molar-refractivity contribution < 1.29 is 9.13 Å². The van der Waals surface area contributed by atoms with Gasteiger partial charge in [-0.05, 0) is 37.1 Å². The molecule has 3 aromatic rings. The average molecular weight is 472 g/mol. The Morgan fingerprint density at radius 3 is 2.57 bits per heavy atom. The number of benzene rings is 1. The fourth-order valence-electron chi connectivity index (χ4n) is 4.44. The zero-order valence-electron chi connectivity index (χ0n) is 16.6. The van der Waals surface area contributed by atoms with Crippen LogP contribution in [0.3, 0.4) is 0 Å². The fourth-order valence-corrected chi connectivity index (χ4v) is 4.80. The first-order valence-electron chi connectivity index (χ1n) is 10.3. The van der Waals surface area contributed by atoms with Crippen LogP contribution in [0.1, 0.15) is 12.8 Å². The summed E-state index contributed by atoms with van der Waals surface area (Å²) in [7, 11) is 0. The Bertz CT molecular complexity index is 1050. The molecule has 0 unspecified atom stereocenters. The smallest absolute Gasteiger partial charge is 0.166 e. The zero-order chi connectivity index (χ0) is 20.5. The van der Waals surface area contributed by atoms with Crippen molar-refractivity contribution in [3.8, 4) is 11.3 Å². The SMILES string of the molecule is Fc1cc(-c2ncnc3ccc(Br)cc23)cnc1N1CCC(N2CCOCC2)CC1. The lowest BCUT2D eigenvalue weighted by Crippen LogP contribution is -2.49. The van der Waals surface area contributed by atoms with Gasteiger partial charge in [-0.3, -0.25) is 4.90 Å². The molecule has 0 atom stereocenters. The maximum Gasteiger partial charge on any atom is 0.166 e. The normalized spacial score (nSPS) is 18.8. The molecule has 0 radical (unpaired) electrons. The number of pyridine rings is 1. The van der Waals surface area contributed by atoms with Crippen molar-refractivity contribution in [1.82, 2.24) is 19.9 Å². The summed E-state index contributed by atoms with van der Waals surface area (Å²) in [6, 6.07) is 7.90. The van der Waals surface area contributed by atoms with Crippen LogP contribution in [-0.4, -0.2) is 65.3 Å². The van der Waals surface area contributed by atoms with E-state index in [1.54, 1.807) is 12.3 Å². The number of fused-ring (bicyclic) bond motifs is 1. The second-order valence-electron chi connectivity index (χ2n) is 7.78. The van der Waals surface area contributed by atoms with Crippen molar-refractivity contribution in [2.45, 2.75) is 18.9 Å². The molecule has 8 heteroatoms. The number of piperidine rings is 1. The van der Waals surface area contributed by atoms with Crippen molar-refractivity contribution in [1.29, 1.82) is 0 Å². The molecule has 0 saturated carbocycles. The predicted molar refractivity (Wildman–Crippen MR) is 118 cm³/mol. The largest absolute Gasteiger partial charge is 0.379 e. The molecule has 2 fully saturated rings. The molecule has 0 bridgehead atoms. The van der Waals surface area contributed by atoms with Crippen molar-refractivity contribution in [2.75, 3.05) is 44.3 Å². The maximum atomic E-state index is 15.1. The highest BCUT2D eigenvalue weighted by Crippen LogP contribution is 2.30. The number of morpholine rings is 1. The lowest BCUT2D eigenvalue weighted by Gasteiger charge is -2.40. The van der Waals surface area contributed by atoms with Crippen LogP contribution in [0.15, 0.2) is 41.3 Å².